The van der Waals surface area contributed by atoms with Crippen LogP contribution < -0.4 is 14.8 Å². The molecule has 8 heteroatoms. The number of nitrogens with zero attached hydrogens (tertiary/aromatic N) is 3. The highest BCUT2D eigenvalue weighted by atomic mass is 16.5. The summed E-state index contributed by atoms with van der Waals surface area (Å²) < 4.78 is 18.3. The van der Waals surface area contributed by atoms with Crippen LogP contribution in [0.4, 0.5) is 0 Å². The Bertz CT molecular complexity index is 877. The van der Waals surface area contributed by atoms with Gasteiger partial charge in [0.05, 0.1) is 20.8 Å². The second-order valence-electron chi connectivity index (χ2n) is 7.53. The molecule has 1 aliphatic heterocycles. The van der Waals surface area contributed by atoms with Crippen molar-refractivity contribution >= 4 is 5.91 Å². The van der Waals surface area contributed by atoms with Crippen LogP contribution >= 0.6 is 0 Å². The normalized spacial score (nSPS) is 21.1. The highest BCUT2D eigenvalue weighted by Crippen LogP contribution is 2.42. The van der Waals surface area contributed by atoms with E-state index in [9.17, 15) is 4.79 Å². The van der Waals surface area contributed by atoms with Crippen molar-refractivity contribution in [3.8, 4) is 11.5 Å². The molecule has 0 saturated heterocycles. The molecule has 0 bridgehead atoms. The van der Waals surface area contributed by atoms with E-state index >= 15 is 0 Å². The molecule has 1 aromatic heterocycles. The summed E-state index contributed by atoms with van der Waals surface area (Å²) >= 11 is 0. The molecular weight excluding hydrogens is 360 g/mol. The molecule has 28 heavy (non-hydrogen) atoms. The monoisotopic (exact) mass is 386 g/mol. The van der Waals surface area contributed by atoms with Crippen molar-refractivity contribution in [3.05, 3.63) is 35.4 Å². The number of carbonyl (C=O) groups is 1. The molecule has 8 nitrogen and oxygen atoms in total. The molecule has 4 rings (SSSR count). The van der Waals surface area contributed by atoms with E-state index in [-0.39, 0.29) is 5.91 Å². The van der Waals surface area contributed by atoms with Gasteiger partial charge in [0.15, 0.2) is 5.82 Å². The molecule has 1 aromatic carbocycles. The minimum Gasteiger partial charge on any atom is -0.497 e. The van der Waals surface area contributed by atoms with Gasteiger partial charge in [0, 0.05) is 18.5 Å². The summed E-state index contributed by atoms with van der Waals surface area (Å²) in [4.78, 5) is 13.1. The zero-order valence-corrected chi connectivity index (χ0v) is 16.5. The minimum atomic E-state index is -0.834. The number of carbonyl (C=O) groups excluding carboxylic acids is 1. The Morgan fingerprint density at radius 2 is 2.14 bits per heavy atom. The Kier molecular flexibility index (Phi) is 4.97. The van der Waals surface area contributed by atoms with Gasteiger partial charge in [-0.3, -0.25) is 9.36 Å². The van der Waals surface area contributed by atoms with Crippen molar-refractivity contribution in [2.24, 2.45) is 0 Å². The van der Waals surface area contributed by atoms with E-state index in [4.69, 9.17) is 14.2 Å². The number of hydrogen-bond acceptors (Lipinski definition) is 6. The zero-order chi connectivity index (χ0) is 19.7. The number of benzene rings is 1. The Hall–Kier alpha value is -2.61. The maximum absolute atomic E-state index is 13.1. The summed E-state index contributed by atoms with van der Waals surface area (Å²) in [5.41, 5.74) is 0.177. The lowest BCUT2D eigenvalue weighted by Crippen LogP contribution is -2.53. The van der Waals surface area contributed by atoms with Crippen molar-refractivity contribution in [1.29, 1.82) is 0 Å². The number of hydrogen-bond donors (Lipinski definition) is 1. The largest absolute Gasteiger partial charge is 0.497 e. The molecular formula is C20H26N4O4. The molecule has 150 valence electrons. The van der Waals surface area contributed by atoms with E-state index in [1.807, 2.05) is 29.7 Å². The summed E-state index contributed by atoms with van der Waals surface area (Å²) in [5, 5.41) is 11.6. The van der Waals surface area contributed by atoms with Crippen molar-refractivity contribution in [3.63, 3.8) is 0 Å². The van der Waals surface area contributed by atoms with Crippen molar-refractivity contribution in [1.82, 2.24) is 20.1 Å². The molecule has 1 saturated carbocycles. The Labute approximate surface area is 164 Å². The molecule has 1 unspecified atom stereocenters. The third-order valence-corrected chi connectivity index (χ3v) is 5.47. The van der Waals surface area contributed by atoms with Crippen LogP contribution in [0, 0.1) is 0 Å². The molecule has 1 amide bonds. The van der Waals surface area contributed by atoms with Gasteiger partial charge < -0.3 is 19.5 Å². The number of amides is 1. The van der Waals surface area contributed by atoms with E-state index in [1.165, 1.54) is 0 Å². The number of nitrogens with one attached hydrogen (secondary N) is 1. The van der Waals surface area contributed by atoms with Crippen LogP contribution in [0.1, 0.15) is 42.9 Å². The first kappa shape index (κ1) is 18.7. The van der Waals surface area contributed by atoms with Gasteiger partial charge in [0.25, 0.3) is 0 Å². The third-order valence-electron chi connectivity index (χ3n) is 5.47. The fraction of sp³-hybridized carbons (Fsp3) is 0.550. The van der Waals surface area contributed by atoms with Crippen LogP contribution in [-0.4, -0.2) is 48.0 Å². The van der Waals surface area contributed by atoms with Gasteiger partial charge in [-0.2, -0.15) is 0 Å². The van der Waals surface area contributed by atoms with Crippen LogP contribution in [0.25, 0.3) is 0 Å². The lowest BCUT2D eigenvalue weighted by atomic mass is 9.99. The molecule has 0 radical (unpaired) electrons. The number of ether oxygens (including phenoxy) is 3. The molecule has 2 aromatic rings. The highest BCUT2D eigenvalue weighted by molar-refractivity contribution is 5.84. The fourth-order valence-electron chi connectivity index (χ4n) is 3.70. The third kappa shape index (κ3) is 3.32. The van der Waals surface area contributed by atoms with Gasteiger partial charge >= 0.3 is 0 Å². The lowest BCUT2D eigenvalue weighted by Gasteiger charge is -2.35. The number of fused-ring (bicyclic) bond motifs is 1. The average Bonchev–Trinajstić information content (AvgIpc) is 3.46. The average molecular weight is 386 g/mol. The SMILES string of the molecule is COc1ccc(CCNC(=O)C2(C)COCc3nnc(C4CC4)n32)c(OC)c1. The first-order valence-corrected chi connectivity index (χ1v) is 9.58. The first-order valence-electron chi connectivity index (χ1n) is 9.58. The molecule has 0 spiro atoms. The lowest BCUT2D eigenvalue weighted by molar-refractivity contribution is -0.135. The van der Waals surface area contributed by atoms with E-state index in [2.05, 4.69) is 15.5 Å². The van der Waals surface area contributed by atoms with Gasteiger partial charge in [-0.05, 0) is 37.8 Å². The van der Waals surface area contributed by atoms with Crippen molar-refractivity contribution < 1.29 is 19.0 Å². The minimum absolute atomic E-state index is 0.0809. The van der Waals surface area contributed by atoms with Gasteiger partial charge in [-0.15, -0.1) is 10.2 Å². The number of methoxy groups -OCH3 is 2. The maximum atomic E-state index is 13.1. The second-order valence-corrected chi connectivity index (χ2v) is 7.53. The molecule has 1 aliphatic carbocycles. The summed E-state index contributed by atoms with van der Waals surface area (Å²) in [5.74, 6) is 3.45. The molecule has 2 aliphatic rings. The second kappa shape index (κ2) is 7.43. The summed E-state index contributed by atoms with van der Waals surface area (Å²) in [6, 6.07) is 5.69. The predicted octanol–water partition coefficient (Wildman–Crippen LogP) is 1.78. The molecule has 1 fully saturated rings. The Balaban J connectivity index is 1.46. The van der Waals surface area contributed by atoms with Gasteiger partial charge in [0.2, 0.25) is 5.91 Å². The summed E-state index contributed by atoms with van der Waals surface area (Å²) in [7, 11) is 3.25. The molecule has 2 heterocycles. The quantitative estimate of drug-likeness (QED) is 0.780. The van der Waals surface area contributed by atoms with Gasteiger partial charge in [-0.1, -0.05) is 6.07 Å². The fourth-order valence-corrected chi connectivity index (χ4v) is 3.70. The van der Waals surface area contributed by atoms with Gasteiger partial charge in [-0.25, -0.2) is 0 Å². The van der Waals surface area contributed by atoms with Crippen LogP contribution in [0.15, 0.2) is 18.2 Å². The van der Waals surface area contributed by atoms with Crippen molar-refractivity contribution in [2.75, 3.05) is 27.4 Å². The Morgan fingerprint density at radius 1 is 1.32 bits per heavy atom. The zero-order valence-electron chi connectivity index (χ0n) is 16.5. The van der Waals surface area contributed by atoms with E-state index in [1.54, 1.807) is 14.2 Å². The van der Waals surface area contributed by atoms with E-state index < -0.39 is 5.54 Å². The van der Waals surface area contributed by atoms with Crippen LogP contribution in [0.5, 0.6) is 11.5 Å². The number of aromatic nitrogens is 3. The topological polar surface area (TPSA) is 87.5 Å². The molecule has 1 N–H and O–H groups in total. The summed E-state index contributed by atoms with van der Waals surface area (Å²) in [6.45, 7) is 3.10. The predicted molar refractivity (Wildman–Crippen MR) is 102 cm³/mol. The maximum Gasteiger partial charge on any atom is 0.248 e. The van der Waals surface area contributed by atoms with Crippen LogP contribution in [-0.2, 0) is 28.1 Å². The smallest absolute Gasteiger partial charge is 0.248 e. The van der Waals surface area contributed by atoms with E-state index in [0.29, 0.717) is 32.1 Å². The highest BCUT2D eigenvalue weighted by Gasteiger charge is 2.45. The molecule has 1 atom stereocenters. The van der Waals surface area contributed by atoms with E-state index in [0.717, 1.165) is 41.6 Å². The van der Waals surface area contributed by atoms with Crippen molar-refractivity contribution in [2.45, 2.75) is 44.2 Å². The summed E-state index contributed by atoms with van der Waals surface area (Å²) in [6.07, 6.45) is 2.86. The van der Waals surface area contributed by atoms with Crippen LogP contribution in [0.2, 0.25) is 0 Å². The van der Waals surface area contributed by atoms with Gasteiger partial charge in [0.1, 0.15) is 29.5 Å². The Morgan fingerprint density at radius 3 is 2.86 bits per heavy atom. The van der Waals surface area contributed by atoms with Crippen LogP contribution in [0.3, 0.4) is 0 Å². The number of rotatable bonds is 7. The first-order chi connectivity index (χ1) is 13.6. The standard InChI is InChI=1S/C20H26N4O4/c1-20(12-28-11-17-22-23-18(24(17)20)14-4-5-14)19(25)21-9-8-13-6-7-15(26-2)10-16(13)27-3/h6-7,10,14H,4-5,8-9,11-12H2,1-3H3,(H,21,25).